The summed E-state index contributed by atoms with van der Waals surface area (Å²) >= 11 is 2.81. The van der Waals surface area contributed by atoms with Crippen molar-refractivity contribution in [1.82, 2.24) is 25.4 Å². The maximum atomic E-state index is 12.1. The quantitative estimate of drug-likeness (QED) is 0.577. The van der Waals surface area contributed by atoms with Gasteiger partial charge >= 0.3 is 6.03 Å². The van der Waals surface area contributed by atoms with E-state index >= 15 is 0 Å². The number of carbonyl (C=O) groups is 2. The van der Waals surface area contributed by atoms with E-state index in [1.165, 1.54) is 11.8 Å². The molecule has 3 rings (SSSR count). The number of benzene rings is 1. The zero-order valence-corrected chi connectivity index (χ0v) is 17.3. The maximum absolute atomic E-state index is 12.1. The van der Waals surface area contributed by atoms with Crippen LogP contribution in [0, 0.1) is 6.92 Å². The molecule has 0 fully saturated rings. The lowest BCUT2D eigenvalue weighted by Crippen LogP contribution is -2.39. The molecule has 0 atom stereocenters. The van der Waals surface area contributed by atoms with Gasteiger partial charge in [-0.1, -0.05) is 42.1 Å². The number of thioether (sulfide) groups is 1. The highest BCUT2D eigenvalue weighted by Crippen LogP contribution is 2.26. The van der Waals surface area contributed by atoms with E-state index in [2.05, 4.69) is 20.8 Å². The number of hydrogen-bond donors (Lipinski definition) is 2. The van der Waals surface area contributed by atoms with Crippen molar-refractivity contribution in [3.63, 3.8) is 0 Å². The average molecular weight is 416 g/mol. The molecule has 7 nitrogen and oxygen atoms in total. The second kappa shape index (κ2) is 9.52. The number of carbonyl (C=O) groups excluding carboxylic acids is 2. The molecular weight excluding hydrogens is 394 g/mol. The van der Waals surface area contributed by atoms with E-state index in [4.69, 9.17) is 0 Å². The Hall–Kier alpha value is -2.65. The monoisotopic (exact) mass is 415 g/mol. The lowest BCUT2D eigenvalue weighted by Gasteiger charge is -2.09. The minimum atomic E-state index is -0.503. The second-order valence-corrected chi connectivity index (χ2v) is 7.94. The molecule has 2 heterocycles. The predicted octanol–water partition coefficient (Wildman–Crippen LogP) is 3.45. The van der Waals surface area contributed by atoms with E-state index in [0.29, 0.717) is 18.2 Å². The Bertz CT molecular complexity index is 953. The van der Waals surface area contributed by atoms with Crippen LogP contribution >= 0.6 is 23.1 Å². The summed E-state index contributed by atoms with van der Waals surface area (Å²) in [5.41, 5.74) is 2.13. The Morgan fingerprint density at radius 2 is 2.00 bits per heavy atom. The molecule has 1 aromatic carbocycles. The molecule has 9 heteroatoms. The number of hydrogen-bond acceptors (Lipinski definition) is 6. The van der Waals surface area contributed by atoms with Gasteiger partial charge in [0.25, 0.3) is 0 Å². The average Bonchev–Trinajstić information content (AvgIpc) is 3.34. The van der Waals surface area contributed by atoms with Crippen molar-refractivity contribution in [3.05, 3.63) is 52.2 Å². The fourth-order valence-electron chi connectivity index (χ4n) is 2.62. The van der Waals surface area contributed by atoms with Crippen molar-refractivity contribution in [1.29, 1.82) is 0 Å². The van der Waals surface area contributed by atoms with Gasteiger partial charge in [-0.15, -0.1) is 21.5 Å². The van der Waals surface area contributed by atoms with Gasteiger partial charge in [-0.3, -0.25) is 10.1 Å². The highest BCUT2D eigenvalue weighted by Gasteiger charge is 2.16. The van der Waals surface area contributed by atoms with Crippen molar-refractivity contribution in [2.75, 3.05) is 5.75 Å². The molecule has 3 aromatic rings. The molecule has 0 aliphatic heterocycles. The second-order valence-electron chi connectivity index (χ2n) is 5.96. The molecular formula is C19H21N5O2S2. The lowest BCUT2D eigenvalue weighted by atomic mass is 10.1. The first-order chi connectivity index (χ1) is 13.6. The topological polar surface area (TPSA) is 88.9 Å². The van der Waals surface area contributed by atoms with Crippen LogP contribution in [-0.4, -0.2) is 32.5 Å². The van der Waals surface area contributed by atoms with Gasteiger partial charge in [-0.2, -0.15) is 0 Å². The zero-order chi connectivity index (χ0) is 19.9. The molecule has 28 heavy (non-hydrogen) atoms. The number of aromatic nitrogens is 3. The SMILES string of the molecule is CCn1c(SCC(=O)NC(=O)NCc2cccs2)nnc1-c1ccccc1C. The van der Waals surface area contributed by atoms with Crippen LogP contribution < -0.4 is 10.6 Å². The molecule has 0 unspecified atom stereocenters. The summed E-state index contributed by atoms with van der Waals surface area (Å²) in [6.07, 6.45) is 0. The molecule has 0 saturated heterocycles. The molecule has 0 saturated carbocycles. The normalized spacial score (nSPS) is 10.6. The lowest BCUT2D eigenvalue weighted by molar-refractivity contribution is -0.117. The predicted molar refractivity (Wildman–Crippen MR) is 111 cm³/mol. The molecule has 0 radical (unpaired) electrons. The van der Waals surface area contributed by atoms with Gasteiger partial charge in [0.2, 0.25) is 5.91 Å². The Kier molecular flexibility index (Phi) is 6.83. The summed E-state index contributed by atoms with van der Waals surface area (Å²) in [6, 6.07) is 11.3. The van der Waals surface area contributed by atoms with Crippen molar-refractivity contribution < 1.29 is 9.59 Å². The van der Waals surface area contributed by atoms with Crippen LogP contribution in [0.4, 0.5) is 4.79 Å². The summed E-state index contributed by atoms with van der Waals surface area (Å²) in [5.74, 6) is 0.479. The number of urea groups is 1. The van der Waals surface area contributed by atoms with E-state index in [-0.39, 0.29) is 11.7 Å². The van der Waals surface area contributed by atoms with E-state index < -0.39 is 6.03 Å². The van der Waals surface area contributed by atoms with Crippen LogP contribution in [0.5, 0.6) is 0 Å². The molecule has 3 amide bonds. The fraction of sp³-hybridized carbons (Fsp3) is 0.263. The molecule has 146 valence electrons. The van der Waals surface area contributed by atoms with Gasteiger partial charge in [0.15, 0.2) is 11.0 Å². The molecule has 0 aliphatic carbocycles. The third kappa shape index (κ3) is 4.99. The van der Waals surface area contributed by atoms with Crippen molar-refractivity contribution in [3.8, 4) is 11.4 Å². The Labute approximate surface area is 171 Å². The molecule has 2 aromatic heterocycles. The van der Waals surface area contributed by atoms with Crippen LogP contribution in [0.15, 0.2) is 46.9 Å². The number of amides is 3. The highest BCUT2D eigenvalue weighted by molar-refractivity contribution is 7.99. The fourth-order valence-corrected chi connectivity index (χ4v) is 4.07. The first-order valence-electron chi connectivity index (χ1n) is 8.80. The molecule has 0 bridgehead atoms. The van der Waals surface area contributed by atoms with Crippen LogP contribution in [0.25, 0.3) is 11.4 Å². The van der Waals surface area contributed by atoms with Gasteiger partial charge in [0.05, 0.1) is 12.3 Å². The number of aryl methyl sites for hydroxylation is 1. The summed E-state index contributed by atoms with van der Waals surface area (Å²) in [6.45, 7) is 5.11. The first-order valence-corrected chi connectivity index (χ1v) is 10.7. The third-order valence-corrected chi connectivity index (χ3v) is 5.85. The van der Waals surface area contributed by atoms with E-state index in [1.807, 2.05) is 60.2 Å². The number of nitrogens with zero attached hydrogens (tertiary/aromatic N) is 3. The minimum Gasteiger partial charge on any atom is -0.333 e. The van der Waals surface area contributed by atoms with Gasteiger partial charge < -0.3 is 9.88 Å². The summed E-state index contributed by atoms with van der Waals surface area (Å²) in [5, 5.41) is 16.1. The van der Waals surface area contributed by atoms with Gasteiger partial charge in [0, 0.05) is 17.0 Å². The number of imide groups is 1. The highest BCUT2D eigenvalue weighted by atomic mass is 32.2. The third-order valence-electron chi connectivity index (χ3n) is 4.01. The van der Waals surface area contributed by atoms with Crippen LogP contribution in [0.2, 0.25) is 0 Å². The molecule has 0 aliphatic rings. The zero-order valence-electron chi connectivity index (χ0n) is 15.6. The van der Waals surface area contributed by atoms with Gasteiger partial charge in [-0.05, 0) is 30.9 Å². The Morgan fingerprint density at radius 1 is 1.18 bits per heavy atom. The number of rotatable bonds is 7. The van der Waals surface area contributed by atoms with Crippen molar-refractivity contribution >= 4 is 35.0 Å². The minimum absolute atomic E-state index is 0.0817. The number of nitrogens with one attached hydrogen (secondary N) is 2. The van der Waals surface area contributed by atoms with Crippen LogP contribution in [0.3, 0.4) is 0 Å². The van der Waals surface area contributed by atoms with Crippen LogP contribution in [-0.2, 0) is 17.9 Å². The summed E-state index contributed by atoms with van der Waals surface area (Å²) in [7, 11) is 0. The Morgan fingerprint density at radius 3 is 2.71 bits per heavy atom. The smallest absolute Gasteiger partial charge is 0.321 e. The van der Waals surface area contributed by atoms with Gasteiger partial charge in [-0.25, -0.2) is 4.79 Å². The molecule has 2 N–H and O–H groups in total. The first kappa shape index (κ1) is 20.1. The standard InChI is InChI=1S/C19H21N5O2S2/c1-3-24-17(15-9-5-4-7-13(15)2)22-23-19(24)28-12-16(25)21-18(26)20-11-14-8-6-10-27-14/h4-10H,3,11-12H2,1-2H3,(H2,20,21,25,26). The van der Waals surface area contributed by atoms with Gasteiger partial charge in [0.1, 0.15) is 0 Å². The number of thiophene rings is 1. The summed E-state index contributed by atoms with van der Waals surface area (Å²) in [4.78, 5) is 24.9. The Balaban J connectivity index is 1.56. The molecule has 0 spiro atoms. The summed E-state index contributed by atoms with van der Waals surface area (Å²) < 4.78 is 1.97. The van der Waals surface area contributed by atoms with Crippen molar-refractivity contribution in [2.45, 2.75) is 32.1 Å². The maximum Gasteiger partial charge on any atom is 0.321 e. The largest absolute Gasteiger partial charge is 0.333 e. The van der Waals surface area contributed by atoms with Crippen LogP contribution in [0.1, 0.15) is 17.4 Å². The van der Waals surface area contributed by atoms with Crippen molar-refractivity contribution in [2.24, 2.45) is 0 Å². The van der Waals surface area contributed by atoms with E-state index in [9.17, 15) is 9.59 Å². The van der Waals surface area contributed by atoms with E-state index in [0.717, 1.165) is 21.8 Å². The van der Waals surface area contributed by atoms with E-state index in [1.54, 1.807) is 11.3 Å².